The van der Waals surface area contributed by atoms with Gasteiger partial charge in [-0.2, -0.15) is 8.78 Å². The number of hydrogen-bond acceptors (Lipinski definition) is 0. The Hall–Kier alpha value is -1.48. The molecule has 92 valence electrons. The van der Waals surface area contributed by atoms with Gasteiger partial charge in [0.2, 0.25) is 0 Å². The minimum Gasteiger partial charge on any atom is -0.173 e. The first-order valence-electron chi connectivity index (χ1n) is 5.48. The van der Waals surface area contributed by atoms with E-state index in [1.54, 1.807) is 12.1 Å². The summed E-state index contributed by atoms with van der Waals surface area (Å²) in [5.41, 5.74) is 2.68. The molecule has 0 aliphatic heterocycles. The lowest BCUT2D eigenvalue weighted by molar-refractivity contribution is 0.425. The fourth-order valence-corrected chi connectivity index (χ4v) is 2.27. The van der Waals surface area contributed by atoms with Crippen LogP contribution in [0.4, 0.5) is 8.78 Å². The van der Waals surface area contributed by atoms with Crippen LogP contribution < -0.4 is 0 Å². The highest BCUT2D eigenvalue weighted by Crippen LogP contribution is 2.26. The molecule has 0 heterocycles. The van der Waals surface area contributed by atoms with Gasteiger partial charge in [0.15, 0.2) is 0 Å². The molecular formula is C15H11BrF2. The van der Waals surface area contributed by atoms with Crippen molar-refractivity contribution in [3.8, 4) is 11.1 Å². The molecular weight excluding hydrogens is 298 g/mol. The van der Waals surface area contributed by atoms with Gasteiger partial charge in [0, 0.05) is 10.9 Å². The predicted molar refractivity (Wildman–Crippen MR) is 74.8 cm³/mol. The van der Waals surface area contributed by atoms with Crippen LogP contribution in [0.25, 0.3) is 16.7 Å². The van der Waals surface area contributed by atoms with E-state index in [0.717, 1.165) is 11.1 Å². The van der Waals surface area contributed by atoms with Crippen molar-refractivity contribution in [1.82, 2.24) is 0 Å². The van der Waals surface area contributed by atoms with Crippen LogP contribution in [0.5, 0.6) is 0 Å². The first kappa shape index (κ1) is 13.0. The molecule has 2 aromatic carbocycles. The van der Waals surface area contributed by atoms with Crippen molar-refractivity contribution >= 4 is 21.5 Å². The van der Waals surface area contributed by atoms with E-state index >= 15 is 0 Å². The van der Waals surface area contributed by atoms with Crippen LogP contribution in [0.15, 0.2) is 60.7 Å². The average molecular weight is 309 g/mol. The second-order valence-corrected chi connectivity index (χ2v) is 4.38. The monoisotopic (exact) mass is 308 g/mol. The minimum atomic E-state index is -1.64. The summed E-state index contributed by atoms with van der Waals surface area (Å²) in [4.78, 5) is 0. The molecule has 0 radical (unpaired) electrons. The normalized spacial score (nSPS) is 10.2. The topological polar surface area (TPSA) is 0 Å². The molecule has 0 fully saturated rings. The number of hydrogen-bond donors (Lipinski definition) is 0. The van der Waals surface area contributed by atoms with Crippen molar-refractivity contribution < 1.29 is 8.78 Å². The molecule has 3 heteroatoms. The maximum absolute atomic E-state index is 12.7. The second-order valence-electron chi connectivity index (χ2n) is 3.82. The lowest BCUT2D eigenvalue weighted by Gasteiger charge is -2.05. The molecule has 0 aliphatic rings. The van der Waals surface area contributed by atoms with E-state index in [-0.39, 0.29) is 10.9 Å². The molecule has 2 aromatic rings. The molecule has 0 unspecified atom stereocenters. The van der Waals surface area contributed by atoms with Crippen molar-refractivity contribution in [1.29, 1.82) is 0 Å². The number of allylic oxidation sites excluding steroid dienone is 1. The van der Waals surface area contributed by atoms with Gasteiger partial charge in [-0.1, -0.05) is 70.5 Å². The van der Waals surface area contributed by atoms with Crippen LogP contribution in [0.3, 0.4) is 0 Å². The van der Waals surface area contributed by atoms with Gasteiger partial charge in [-0.05, 0) is 16.7 Å². The Balaban J connectivity index is 2.34. The lowest BCUT2D eigenvalue weighted by atomic mass is 10.0. The second kappa shape index (κ2) is 5.91. The van der Waals surface area contributed by atoms with Gasteiger partial charge in [-0.15, -0.1) is 0 Å². The first-order chi connectivity index (χ1) is 8.72. The van der Waals surface area contributed by atoms with Gasteiger partial charge in [0.05, 0.1) is 0 Å². The van der Waals surface area contributed by atoms with Crippen LogP contribution >= 0.6 is 15.9 Å². The van der Waals surface area contributed by atoms with E-state index < -0.39 is 6.08 Å². The van der Waals surface area contributed by atoms with Gasteiger partial charge in [0.25, 0.3) is 6.08 Å². The SMILES string of the molecule is FC(F)=C(CBr)c1ccc(-c2ccccc2)cc1. The molecule has 0 bridgehead atoms. The summed E-state index contributed by atoms with van der Waals surface area (Å²) in [5.74, 6) is 0. The van der Waals surface area contributed by atoms with E-state index in [1.165, 1.54) is 0 Å². The van der Waals surface area contributed by atoms with Crippen LogP contribution in [0.2, 0.25) is 0 Å². The summed E-state index contributed by atoms with van der Waals surface area (Å²) < 4.78 is 25.3. The quantitative estimate of drug-likeness (QED) is 0.670. The number of halogens is 3. The number of rotatable bonds is 3. The Morgan fingerprint density at radius 3 is 1.89 bits per heavy atom. The Labute approximate surface area is 113 Å². The Morgan fingerprint density at radius 1 is 0.833 bits per heavy atom. The smallest absolute Gasteiger partial charge is 0.173 e. The molecule has 0 amide bonds. The summed E-state index contributed by atoms with van der Waals surface area (Å²) in [6, 6.07) is 17.0. The highest BCUT2D eigenvalue weighted by Gasteiger charge is 2.07. The fourth-order valence-electron chi connectivity index (χ4n) is 1.73. The predicted octanol–water partition coefficient (Wildman–Crippen LogP) is 5.36. The Kier molecular flexibility index (Phi) is 4.26. The molecule has 0 saturated carbocycles. The summed E-state index contributed by atoms with van der Waals surface area (Å²) in [6.45, 7) is 0. The maximum atomic E-state index is 12.7. The first-order valence-corrected chi connectivity index (χ1v) is 6.60. The van der Waals surface area contributed by atoms with Crippen molar-refractivity contribution in [2.75, 3.05) is 5.33 Å². The van der Waals surface area contributed by atoms with Crippen LogP contribution in [-0.4, -0.2) is 5.33 Å². The molecule has 18 heavy (non-hydrogen) atoms. The van der Waals surface area contributed by atoms with Gasteiger partial charge in [0.1, 0.15) is 0 Å². The molecule has 0 aliphatic carbocycles. The van der Waals surface area contributed by atoms with E-state index in [0.29, 0.717) is 5.56 Å². The van der Waals surface area contributed by atoms with Gasteiger partial charge >= 0.3 is 0 Å². The molecule has 0 nitrogen and oxygen atoms in total. The highest BCUT2D eigenvalue weighted by atomic mass is 79.9. The van der Waals surface area contributed by atoms with E-state index in [1.807, 2.05) is 42.5 Å². The third-order valence-corrected chi connectivity index (χ3v) is 3.26. The highest BCUT2D eigenvalue weighted by molar-refractivity contribution is 9.09. The van der Waals surface area contributed by atoms with Crippen molar-refractivity contribution in [2.24, 2.45) is 0 Å². The summed E-state index contributed by atoms with van der Waals surface area (Å²) in [7, 11) is 0. The van der Waals surface area contributed by atoms with E-state index in [2.05, 4.69) is 15.9 Å². The molecule has 0 N–H and O–H groups in total. The zero-order valence-corrected chi connectivity index (χ0v) is 11.1. The molecule has 0 saturated heterocycles. The van der Waals surface area contributed by atoms with Crippen molar-refractivity contribution in [3.63, 3.8) is 0 Å². The van der Waals surface area contributed by atoms with Gasteiger partial charge in [-0.3, -0.25) is 0 Å². The van der Waals surface area contributed by atoms with Crippen LogP contribution in [-0.2, 0) is 0 Å². The third-order valence-electron chi connectivity index (χ3n) is 2.70. The number of alkyl halides is 1. The summed E-state index contributed by atoms with van der Waals surface area (Å²) in [6.07, 6.45) is -1.64. The fraction of sp³-hybridized carbons (Fsp3) is 0.0667. The Bertz CT molecular complexity index is 540. The zero-order valence-electron chi connectivity index (χ0n) is 9.54. The third kappa shape index (κ3) is 2.85. The summed E-state index contributed by atoms with van der Waals surface area (Å²) in [5, 5.41) is 0.153. The largest absolute Gasteiger partial charge is 0.274 e. The van der Waals surface area contributed by atoms with E-state index in [9.17, 15) is 8.78 Å². The number of benzene rings is 2. The van der Waals surface area contributed by atoms with Crippen molar-refractivity contribution in [3.05, 3.63) is 66.2 Å². The van der Waals surface area contributed by atoms with Gasteiger partial charge < -0.3 is 0 Å². The molecule has 0 spiro atoms. The standard InChI is InChI=1S/C15H11BrF2/c16-10-14(15(17)18)13-8-6-12(7-9-13)11-4-2-1-3-5-11/h1-9H,10H2. The minimum absolute atomic E-state index is 0.0367. The average Bonchev–Trinajstić information content (AvgIpc) is 2.41. The maximum Gasteiger partial charge on any atom is 0.274 e. The Morgan fingerprint density at radius 2 is 1.39 bits per heavy atom. The van der Waals surface area contributed by atoms with E-state index in [4.69, 9.17) is 0 Å². The van der Waals surface area contributed by atoms with Crippen LogP contribution in [0, 0.1) is 0 Å². The van der Waals surface area contributed by atoms with Crippen LogP contribution in [0.1, 0.15) is 5.56 Å². The molecule has 2 rings (SSSR count). The molecule has 0 aromatic heterocycles. The molecule has 0 atom stereocenters. The summed E-state index contributed by atoms with van der Waals surface area (Å²) >= 11 is 3.08. The van der Waals surface area contributed by atoms with Crippen molar-refractivity contribution in [2.45, 2.75) is 0 Å². The zero-order chi connectivity index (χ0) is 13.0. The lowest BCUT2D eigenvalue weighted by Crippen LogP contribution is -1.87. The van der Waals surface area contributed by atoms with Gasteiger partial charge in [-0.25, -0.2) is 0 Å².